The van der Waals surface area contributed by atoms with Crippen molar-refractivity contribution >= 4 is 34.9 Å². The van der Waals surface area contributed by atoms with Crippen LogP contribution in [0, 0.1) is 5.41 Å². The number of ketones is 1. The van der Waals surface area contributed by atoms with Crippen LogP contribution >= 0.6 is 0 Å². The molecular formula is C33H28O5. The second kappa shape index (κ2) is 8.95. The summed E-state index contributed by atoms with van der Waals surface area (Å²) in [6, 6.07) is 23.7. The number of carbonyl (C=O) groups excluding carboxylic acids is 3. The quantitative estimate of drug-likeness (QED) is 0.337. The van der Waals surface area contributed by atoms with E-state index >= 15 is 0 Å². The average molecular weight is 505 g/mol. The third-order valence-corrected chi connectivity index (χ3v) is 8.05. The first-order valence-corrected chi connectivity index (χ1v) is 13.1. The van der Waals surface area contributed by atoms with Crippen molar-refractivity contribution in [2.75, 3.05) is 13.2 Å². The van der Waals surface area contributed by atoms with Crippen LogP contribution in [-0.4, -0.2) is 30.9 Å². The standard InChI is InChI=1S/C33H28O5/c1-3-37-30(35)32(31(36)38-4-2)19-23-14-10-16-26-28(23)24(20-32)29(22-12-6-5-7-13-22)33(26)25-15-9-8-11-21(25)17-18-27(33)34/h5-18H,3-4,19-20H2,1-2H3/t33-/m0/s1. The van der Waals surface area contributed by atoms with Crippen LogP contribution in [0.15, 0.2) is 78.9 Å². The lowest BCUT2D eigenvalue weighted by Crippen LogP contribution is -2.46. The number of benzene rings is 3. The van der Waals surface area contributed by atoms with E-state index in [1.54, 1.807) is 19.9 Å². The zero-order valence-corrected chi connectivity index (χ0v) is 21.5. The molecule has 0 bridgehead atoms. The Labute approximate surface area is 221 Å². The van der Waals surface area contributed by atoms with Crippen LogP contribution in [0.4, 0.5) is 0 Å². The van der Waals surface area contributed by atoms with Gasteiger partial charge in [-0.25, -0.2) is 0 Å². The summed E-state index contributed by atoms with van der Waals surface area (Å²) in [5.41, 5.74) is 4.47. The van der Waals surface area contributed by atoms with Crippen LogP contribution in [0.3, 0.4) is 0 Å². The number of esters is 2. The number of fused-ring (bicyclic) bond motifs is 3. The lowest BCUT2D eigenvalue weighted by Gasteiger charge is -2.36. The summed E-state index contributed by atoms with van der Waals surface area (Å²) < 4.78 is 11.0. The fourth-order valence-corrected chi connectivity index (χ4v) is 6.62. The van der Waals surface area contributed by atoms with Crippen molar-refractivity contribution in [3.05, 3.63) is 112 Å². The minimum absolute atomic E-state index is 0.0387. The molecule has 1 atom stereocenters. The zero-order valence-electron chi connectivity index (χ0n) is 21.5. The fourth-order valence-electron chi connectivity index (χ4n) is 6.62. The van der Waals surface area contributed by atoms with Gasteiger partial charge in [0.25, 0.3) is 0 Å². The van der Waals surface area contributed by atoms with E-state index in [2.05, 4.69) is 0 Å². The maximum atomic E-state index is 14.3. The fraction of sp³-hybridized carbons (Fsp3) is 0.242. The molecule has 6 rings (SSSR count). The van der Waals surface area contributed by atoms with Gasteiger partial charge in [0.1, 0.15) is 5.41 Å². The van der Waals surface area contributed by atoms with Crippen molar-refractivity contribution in [1.29, 1.82) is 0 Å². The summed E-state index contributed by atoms with van der Waals surface area (Å²) in [5, 5.41) is 0. The van der Waals surface area contributed by atoms with Gasteiger partial charge in [-0.05, 0) is 64.5 Å². The van der Waals surface area contributed by atoms with Gasteiger partial charge in [-0.3, -0.25) is 14.4 Å². The van der Waals surface area contributed by atoms with Gasteiger partial charge < -0.3 is 9.47 Å². The molecule has 3 aliphatic rings. The molecule has 3 aromatic carbocycles. The Balaban J connectivity index is 1.73. The van der Waals surface area contributed by atoms with Gasteiger partial charge in [0.2, 0.25) is 0 Å². The molecule has 0 saturated heterocycles. The molecule has 0 amide bonds. The SMILES string of the molecule is CCOC(=O)C1(C(=O)OCC)CC2=C(c3ccccc3)[C@]3(C(=O)C=Cc4ccccc43)c3cccc(c32)C1. The Morgan fingerprint density at radius 2 is 1.42 bits per heavy atom. The Hall–Kier alpha value is -4.25. The average Bonchev–Trinajstić information content (AvgIpc) is 3.23. The van der Waals surface area contributed by atoms with Crippen molar-refractivity contribution in [2.45, 2.75) is 32.1 Å². The van der Waals surface area contributed by atoms with E-state index in [9.17, 15) is 14.4 Å². The van der Waals surface area contributed by atoms with Crippen LogP contribution in [0.2, 0.25) is 0 Å². The molecule has 0 unspecified atom stereocenters. The van der Waals surface area contributed by atoms with Crippen molar-refractivity contribution in [3.63, 3.8) is 0 Å². The minimum Gasteiger partial charge on any atom is -0.465 e. The van der Waals surface area contributed by atoms with E-state index in [0.717, 1.165) is 44.5 Å². The van der Waals surface area contributed by atoms with Crippen molar-refractivity contribution < 1.29 is 23.9 Å². The molecule has 0 aliphatic heterocycles. The smallest absolute Gasteiger partial charge is 0.324 e. The number of hydrogen-bond acceptors (Lipinski definition) is 5. The Morgan fingerprint density at radius 3 is 2.13 bits per heavy atom. The van der Waals surface area contributed by atoms with Crippen molar-refractivity contribution in [1.82, 2.24) is 0 Å². The maximum Gasteiger partial charge on any atom is 0.324 e. The summed E-state index contributed by atoms with van der Waals surface area (Å²) in [6.07, 6.45) is 3.78. The molecule has 5 heteroatoms. The molecule has 0 fully saturated rings. The van der Waals surface area contributed by atoms with Gasteiger partial charge in [0.15, 0.2) is 11.2 Å². The number of rotatable bonds is 5. The summed E-state index contributed by atoms with van der Waals surface area (Å²) in [7, 11) is 0. The summed E-state index contributed by atoms with van der Waals surface area (Å²) >= 11 is 0. The molecular weight excluding hydrogens is 476 g/mol. The van der Waals surface area contributed by atoms with E-state index in [4.69, 9.17) is 9.47 Å². The van der Waals surface area contributed by atoms with Crippen LogP contribution in [0.1, 0.15) is 53.6 Å². The van der Waals surface area contributed by atoms with Crippen LogP contribution in [-0.2, 0) is 35.7 Å². The van der Waals surface area contributed by atoms with Gasteiger partial charge in [0.05, 0.1) is 13.2 Å². The van der Waals surface area contributed by atoms with E-state index in [1.165, 1.54) is 0 Å². The number of hydrogen-bond donors (Lipinski definition) is 0. The number of allylic oxidation sites excluding steroid dienone is 3. The first-order valence-electron chi connectivity index (χ1n) is 13.1. The van der Waals surface area contributed by atoms with E-state index in [0.29, 0.717) is 0 Å². The van der Waals surface area contributed by atoms with E-state index < -0.39 is 22.8 Å². The second-order valence-corrected chi connectivity index (χ2v) is 9.97. The van der Waals surface area contributed by atoms with E-state index in [1.807, 2.05) is 78.9 Å². The summed E-state index contributed by atoms with van der Waals surface area (Å²) in [6.45, 7) is 3.76. The molecule has 3 aliphatic carbocycles. The molecule has 1 spiro atoms. The lowest BCUT2D eigenvalue weighted by atomic mass is 9.63. The lowest BCUT2D eigenvalue weighted by molar-refractivity contribution is -0.172. The maximum absolute atomic E-state index is 14.3. The van der Waals surface area contributed by atoms with Gasteiger partial charge in [0, 0.05) is 12.8 Å². The molecule has 3 aromatic rings. The highest BCUT2D eigenvalue weighted by Crippen LogP contribution is 2.62. The molecule has 0 radical (unpaired) electrons. The van der Waals surface area contributed by atoms with Gasteiger partial charge in [-0.2, -0.15) is 0 Å². The Morgan fingerprint density at radius 1 is 0.763 bits per heavy atom. The van der Waals surface area contributed by atoms with Gasteiger partial charge in [-0.1, -0.05) is 78.9 Å². The summed E-state index contributed by atoms with van der Waals surface area (Å²) in [5.74, 6) is -1.22. The molecule has 38 heavy (non-hydrogen) atoms. The van der Waals surface area contributed by atoms with E-state index in [-0.39, 0.29) is 31.8 Å². The molecule has 0 heterocycles. The second-order valence-electron chi connectivity index (χ2n) is 9.97. The molecule has 0 N–H and O–H groups in total. The van der Waals surface area contributed by atoms with Crippen molar-refractivity contribution in [2.24, 2.45) is 5.41 Å². The predicted molar refractivity (Wildman–Crippen MR) is 145 cm³/mol. The highest BCUT2D eigenvalue weighted by molar-refractivity contribution is 6.24. The van der Waals surface area contributed by atoms with Gasteiger partial charge in [-0.15, -0.1) is 0 Å². The van der Waals surface area contributed by atoms with Crippen LogP contribution < -0.4 is 0 Å². The highest BCUT2D eigenvalue weighted by Gasteiger charge is 2.59. The van der Waals surface area contributed by atoms with Crippen LogP contribution in [0.25, 0.3) is 17.2 Å². The molecule has 5 nitrogen and oxygen atoms in total. The first-order chi connectivity index (χ1) is 18.5. The van der Waals surface area contributed by atoms with Crippen molar-refractivity contribution in [3.8, 4) is 0 Å². The third-order valence-electron chi connectivity index (χ3n) is 8.05. The highest BCUT2D eigenvalue weighted by atomic mass is 16.6. The molecule has 0 saturated carbocycles. The number of carbonyl (C=O) groups is 3. The largest absolute Gasteiger partial charge is 0.465 e. The molecule has 0 aromatic heterocycles. The van der Waals surface area contributed by atoms with Crippen LogP contribution in [0.5, 0.6) is 0 Å². The molecule has 190 valence electrons. The topological polar surface area (TPSA) is 69.7 Å². The number of ether oxygens (including phenoxy) is 2. The third kappa shape index (κ3) is 3.14. The predicted octanol–water partition coefficient (Wildman–Crippen LogP) is 5.55. The normalized spacial score (nSPS) is 20.2. The van der Waals surface area contributed by atoms with Gasteiger partial charge >= 0.3 is 11.9 Å². The summed E-state index contributed by atoms with van der Waals surface area (Å²) in [4.78, 5) is 41.4. The Bertz CT molecular complexity index is 1530. The first kappa shape index (κ1) is 24.1. The minimum atomic E-state index is -1.54. The zero-order chi connectivity index (χ0) is 26.5. The Kier molecular flexibility index (Phi) is 5.68. The monoisotopic (exact) mass is 504 g/mol.